The molecule has 1 N–H and O–H groups in total. The molecule has 1 aromatic carbocycles. The lowest BCUT2D eigenvalue weighted by Gasteiger charge is -2.20. The van der Waals surface area contributed by atoms with Gasteiger partial charge in [-0.15, -0.1) is 0 Å². The first-order chi connectivity index (χ1) is 7.54. The number of rotatable bonds is 4. The second kappa shape index (κ2) is 5.49. The topological polar surface area (TPSA) is 38.3 Å². The Labute approximate surface area is 94.6 Å². The minimum atomic E-state index is -0.279. The number of benzene rings is 1. The van der Waals surface area contributed by atoms with Crippen LogP contribution in [0.25, 0.3) is 0 Å². The van der Waals surface area contributed by atoms with E-state index in [9.17, 15) is 9.18 Å². The first-order valence-corrected chi connectivity index (χ1v) is 5.14. The van der Waals surface area contributed by atoms with Crippen molar-refractivity contribution in [2.75, 3.05) is 12.4 Å². The van der Waals surface area contributed by atoms with E-state index >= 15 is 0 Å². The van der Waals surface area contributed by atoms with E-state index in [1.54, 1.807) is 19.1 Å². The molecule has 0 saturated carbocycles. The molecule has 0 saturated heterocycles. The maximum absolute atomic E-state index is 12.7. The first-order valence-electron chi connectivity index (χ1n) is 5.14. The van der Waals surface area contributed by atoms with Crippen LogP contribution in [0.3, 0.4) is 0 Å². The Morgan fingerprint density at radius 1 is 1.31 bits per heavy atom. The Hall–Kier alpha value is -1.58. The average Bonchev–Trinajstić information content (AvgIpc) is 2.30. The van der Waals surface area contributed by atoms with Gasteiger partial charge >= 0.3 is 5.97 Å². The smallest absolute Gasteiger partial charge is 0.310 e. The van der Waals surface area contributed by atoms with Gasteiger partial charge in [0.1, 0.15) is 5.82 Å². The number of anilines is 1. The molecule has 0 aliphatic carbocycles. The van der Waals surface area contributed by atoms with E-state index < -0.39 is 0 Å². The molecule has 1 aromatic rings. The molecule has 3 nitrogen and oxygen atoms in total. The number of halogens is 1. The highest BCUT2D eigenvalue weighted by molar-refractivity contribution is 5.73. The van der Waals surface area contributed by atoms with Crippen molar-refractivity contribution >= 4 is 11.7 Å². The molecule has 0 fully saturated rings. The average molecular weight is 225 g/mol. The van der Waals surface area contributed by atoms with Crippen LogP contribution in [0.15, 0.2) is 24.3 Å². The van der Waals surface area contributed by atoms with Gasteiger partial charge in [-0.1, -0.05) is 0 Å². The number of ether oxygens (including phenoxy) is 1. The molecule has 2 atom stereocenters. The molecule has 88 valence electrons. The van der Waals surface area contributed by atoms with Crippen molar-refractivity contribution in [3.63, 3.8) is 0 Å². The standard InChI is InChI=1S/C12H16FNO2/c1-8(12(15)16-3)9(2)14-11-6-4-10(13)5-7-11/h4-9,14H,1-3H3. The SMILES string of the molecule is COC(=O)C(C)C(C)Nc1ccc(F)cc1. The normalized spacial score (nSPS) is 14.0. The molecule has 2 unspecified atom stereocenters. The highest BCUT2D eigenvalue weighted by atomic mass is 19.1. The summed E-state index contributed by atoms with van der Waals surface area (Å²) in [5.41, 5.74) is 0.782. The minimum absolute atomic E-state index is 0.0714. The van der Waals surface area contributed by atoms with Crippen molar-refractivity contribution < 1.29 is 13.9 Å². The van der Waals surface area contributed by atoms with Crippen LogP contribution in [0.5, 0.6) is 0 Å². The molecule has 16 heavy (non-hydrogen) atoms. The largest absolute Gasteiger partial charge is 0.469 e. The molecule has 1 rings (SSSR count). The van der Waals surface area contributed by atoms with Crippen LogP contribution in [-0.4, -0.2) is 19.1 Å². The summed E-state index contributed by atoms with van der Waals surface area (Å²) in [7, 11) is 1.36. The van der Waals surface area contributed by atoms with E-state index in [0.717, 1.165) is 5.69 Å². The van der Waals surface area contributed by atoms with Crippen molar-refractivity contribution in [3.8, 4) is 0 Å². The van der Waals surface area contributed by atoms with E-state index in [0.29, 0.717) is 0 Å². The van der Waals surface area contributed by atoms with Crippen LogP contribution in [0.2, 0.25) is 0 Å². The quantitative estimate of drug-likeness (QED) is 0.800. The lowest BCUT2D eigenvalue weighted by atomic mass is 10.0. The highest BCUT2D eigenvalue weighted by Gasteiger charge is 2.20. The molecule has 0 heterocycles. The lowest BCUT2D eigenvalue weighted by Crippen LogP contribution is -2.30. The first kappa shape index (κ1) is 12.5. The fourth-order valence-corrected chi connectivity index (χ4v) is 1.32. The van der Waals surface area contributed by atoms with Gasteiger partial charge in [0.25, 0.3) is 0 Å². The summed E-state index contributed by atoms with van der Waals surface area (Å²) in [6.45, 7) is 3.66. The predicted molar refractivity (Wildman–Crippen MR) is 60.7 cm³/mol. The number of esters is 1. The molecule has 0 bridgehead atoms. The monoisotopic (exact) mass is 225 g/mol. The number of carbonyl (C=O) groups is 1. The predicted octanol–water partition coefficient (Wildman–Crippen LogP) is 2.44. The van der Waals surface area contributed by atoms with Crippen LogP contribution >= 0.6 is 0 Å². The number of nitrogens with one attached hydrogen (secondary N) is 1. The fourth-order valence-electron chi connectivity index (χ4n) is 1.32. The zero-order chi connectivity index (χ0) is 12.1. The van der Waals surface area contributed by atoms with E-state index in [4.69, 9.17) is 0 Å². The number of methoxy groups -OCH3 is 1. The van der Waals surface area contributed by atoms with Crippen LogP contribution in [0, 0.1) is 11.7 Å². The Balaban J connectivity index is 2.60. The molecule has 0 amide bonds. The van der Waals surface area contributed by atoms with Crippen molar-refractivity contribution in [1.29, 1.82) is 0 Å². The lowest BCUT2D eigenvalue weighted by molar-refractivity contribution is -0.145. The Kier molecular flexibility index (Phi) is 4.28. The van der Waals surface area contributed by atoms with Crippen molar-refractivity contribution in [2.45, 2.75) is 19.9 Å². The zero-order valence-electron chi connectivity index (χ0n) is 9.66. The zero-order valence-corrected chi connectivity index (χ0v) is 9.66. The summed E-state index contributed by atoms with van der Waals surface area (Å²) in [5, 5.41) is 3.12. The molecule has 0 spiro atoms. The van der Waals surface area contributed by atoms with E-state index in [2.05, 4.69) is 10.1 Å². The van der Waals surface area contributed by atoms with Gasteiger partial charge < -0.3 is 10.1 Å². The summed E-state index contributed by atoms with van der Waals surface area (Å²) < 4.78 is 17.3. The third-order valence-corrected chi connectivity index (χ3v) is 2.56. The van der Waals surface area contributed by atoms with Gasteiger partial charge in [-0.25, -0.2) is 4.39 Å². The molecule has 0 aromatic heterocycles. The van der Waals surface area contributed by atoms with Crippen LogP contribution in [0.1, 0.15) is 13.8 Å². The molecule has 0 radical (unpaired) electrons. The van der Waals surface area contributed by atoms with Crippen LogP contribution in [-0.2, 0) is 9.53 Å². The maximum atomic E-state index is 12.7. The fraction of sp³-hybridized carbons (Fsp3) is 0.417. The van der Waals surface area contributed by atoms with Crippen LogP contribution in [0.4, 0.5) is 10.1 Å². The third kappa shape index (κ3) is 3.22. The van der Waals surface area contributed by atoms with Crippen LogP contribution < -0.4 is 5.32 Å². The highest BCUT2D eigenvalue weighted by Crippen LogP contribution is 2.14. The van der Waals surface area contributed by atoms with Crippen molar-refractivity contribution in [1.82, 2.24) is 0 Å². The van der Waals surface area contributed by atoms with E-state index in [1.807, 2.05) is 6.92 Å². The van der Waals surface area contributed by atoms with Gasteiger partial charge in [-0.3, -0.25) is 4.79 Å². The summed E-state index contributed by atoms with van der Waals surface area (Å²) in [6, 6.07) is 5.94. The molecule has 0 aliphatic rings. The molecular formula is C12H16FNO2. The number of carbonyl (C=O) groups excluding carboxylic acids is 1. The molecule has 0 aliphatic heterocycles. The van der Waals surface area contributed by atoms with Gasteiger partial charge in [-0.05, 0) is 38.1 Å². The Morgan fingerprint density at radius 2 is 1.88 bits per heavy atom. The van der Waals surface area contributed by atoms with Crippen molar-refractivity contribution in [2.24, 2.45) is 5.92 Å². The summed E-state index contributed by atoms with van der Waals surface area (Å²) in [4.78, 5) is 11.3. The second-order valence-electron chi connectivity index (χ2n) is 3.75. The van der Waals surface area contributed by atoms with Gasteiger partial charge in [-0.2, -0.15) is 0 Å². The molecular weight excluding hydrogens is 209 g/mol. The Bertz CT molecular complexity index is 351. The maximum Gasteiger partial charge on any atom is 0.310 e. The van der Waals surface area contributed by atoms with Gasteiger partial charge in [0.05, 0.1) is 13.0 Å². The van der Waals surface area contributed by atoms with Crippen molar-refractivity contribution in [3.05, 3.63) is 30.1 Å². The second-order valence-corrected chi connectivity index (χ2v) is 3.75. The van der Waals surface area contributed by atoms with Gasteiger partial charge in [0.2, 0.25) is 0 Å². The van der Waals surface area contributed by atoms with E-state index in [1.165, 1.54) is 19.2 Å². The van der Waals surface area contributed by atoms with Gasteiger partial charge in [0, 0.05) is 11.7 Å². The summed E-state index contributed by atoms with van der Waals surface area (Å²) in [6.07, 6.45) is 0. The number of hydrogen-bond acceptors (Lipinski definition) is 3. The number of hydrogen-bond donors (Lipinski definition) is 1. The van der Waals surface area contributed by atoms with E-state index in [-0.39, 0.29) is 23.7 Å². The molecule has 4 heteroatoms. The Morgan fingerprint density at radius 3 is 2.38 bits per heavy atom. The third-order valence-electron chi connectivity index (χ3n) is 2.56. The summed E-state index contributed by atoms with van der Waals surface area (Å²) >= 11 is 0. The van der Waals surface area contributed by atoms with Gasteiger partial charge in [0.15, 0.2) is 0 Å². The minimum Gasteiger partial charge on any atom is -0.469 e. The summed E-state index contributed by atoms with van der Waals surface area (Å²) in [5.74, 6) is -0.795.